The van der Waals surface area contributed by atoms with E-state index >= 15 is 0 Å². The zero-order valence-electron chi connectivity index (χ0n) is 14.9. The van der Waals surface area contributed by atoms with Crippen molar-refractivity contribution in [3.8, 4) is 0 Å². The second-order valence-electron chi connectivity index (χ2n) is 7.34. The van der Waals surface area contributed by atoms with Crippen molar-refractivity contribution in [1.82, 2.24) is 4.90 Å². The van der Waals surface area contributed by atoms with Gasteiger partial charge in [-0.05, 0) is 56.4 Å². The van der Waals surface area contributed by atoms with Crippen molar-refractivity contribution < 1.29 is 4.79 Å². The average Bonchev–Trinajstić information content (AvgIpc) is 2.64. The molecule has 0 spiro atoms. The molecule has 3 heteroatoms. The van der Waals surface area contributed by atoms with Gasteiger partial charge >= 0.3 is 0 Å². The average molecular weight is 304 g/mol. The van der Waals surface area contributed by atoms with Gasteiger partial charge < -0.3 is 4.90 Å². The molecule has 0 aromatic rings. The maximum atomic E-state index is 12.1. The summed E-state index contributed by atoms with van der Waals surface area (Å²) in [7, 11) is 1.93. The third-order valence-electron chi connectivity index (χ3n) is 5.74. The Morgan fingerprint density at radius 3 is 2.77 bits per heavy atom. The quantitative estimate of drug-likeness (QED) is 0.759. The van der Waals surface area contributed by atoms with Gasteiger partial charge in [0.2, 0.25) is 5.91 Å². The van der Waals surface area contributed by atoms with Gasteiger partial charge in [-0.15, -0.1) is 0 Å². The zero-order valence-corrected chi connectivity index (χ0v) is 14.9. The molecule has 4 unspecified atom stereocenters. The minimum Gasteiger partial charge on any atom is -0.339 e. The molecule has 1 saturated carbocycles. The smallest absolute Gasteiger partial charge is 0.222 e. The second kappa shape index (κ2) is 7.43. The van der Waals surface area contributed by atoms with E-state index in [9.17, 15) is 4.79 Å². The molecule has 1 aliphatic heterocycles. The van der Waals surface area contributed by atoms with E-state index in [2.05, 4.69) is 27.0 Å². The van der Waals surface area contributed by atoms with Gasteiger partial charge in [0.25, 0.3) is 0 Å². The van der Waals surface area contributed by atoms with Crippen molar-refractivity contribution >= 4 is 11.6 Å². The van der Waals surface area contributed by atoms with Crippen LogP contribution in [0.5, 0.6) is 0 Å². The fourth-order valence-electron chi connectivity index (χ4n) is 4.05. The van der Waals surface area contributed by atoms with Crippen LogP contribution in [0.1, 0.15) is 66.2 Å². The molecular weight excluding hydrogens is 272 g/mol. The lowest BCUT2D eigenvalue weighted by molar-refractivity contribution is -0.130. The summed E-state index contributed by atoms with van der Waals surface area (Å²) in [4.78, 5) is 18.7. The highest BCUT2D eigenvalue weighted by Gasteiger charge is 2.31. The summed E-state index contributed by atoms with van der Waals surface area (Å²) in [6.45, 7) is 8.65. The normalized spacial score (nSPS) is 30.3. The van der Waals surface area contributed by atoms with Crippen LogP contribution in [0, 0.1) is 17.8 Å². The number of nitrogens with zero attached hydrogens (tertiary/aromatic N) is 2. The summed E-state index contributed by atoms with van der Waals surface area (Å²) < 4.78 is 0. The first-order chi connectivity index (χ1) is 10.4. The molecule has 22 heavy (non-hydrogen) atoms. The van der Waals surface area contributed by atoms with E-state index in [0.29, 0.717) is 18.3 Å². The molecule has 2 bridgehead atoms. The topological polar surface area (TPSA) is 32.7 Å². The predicted octanol–water partition coefficient (Wildman–Crippen LogP) is 4.43. The molecule has 2 rings (SSSR count). The van der Waals surface area contributed by atoms with Gasteiger partial charge in [-0.2, -0.15) is 0 Å². The monoisotopic (exact) mass is 304 g/mol. The van der Waals surface area contributed by atoms with E-state index in [1.807, 2.05) is 18.9 Å². The van der Waals surface area contributed by atoms with Crippen LogP contribution >= 0.6 is 0 Å². The summed E-state index contributed by atoms with van der Waals surface area (Å²) in [6.07, 6.45) is 9.03. The molecule has 1 amide bonds. The third kappa shape index (κ3) is 3.80. The van der Waals surface area contributed by atoms with Gasteiger partial charge in [-0.1, -0.05) is 26.7 Å². The van der Waals surface area contributed by atoms with Crippen LogP contribution in [0.4, 0.5) is 0 Å². The number of fused-ring (bicyclic) bond motifs is 2. The molecular formula is C19H32N2O. The summed E-state index contributed by atoms with van der Waals surface area (Å²) in [5.74, 6) is 2.19. The predicted molar refractivity (Wildman–Crippen MR) is 92.9 cm³/mol. The number of hydrogen-bond donors (Lipinski definition) is 0. The van der Waals surface area contributed by atoms with Crippen molar-refractivity contribution in [3.05, 3.63) is 11.8 Å². The number of carbonyl (C=O) groups is 1. The van der Waals surface area contributed by atoms with Crippen LogP contribution in [0.2, 0.25) is 0 Å². The Bertz CT molecular complexity index is 466. The Hall–Kier alpha value is -1.12. The lowest BCUT2D eigenvalue weighted by Gasteiger charge is -2.34. The Labute approximate surface area is 135 Å². The van der Waals surface area contributed by atoms with Crippen LogP contribution < -0.4 is 0 Å². The molecule has 1 heterocycles. The summed E-state index contributed by atoms with van der Waals surface area (Å²) in [6, 6.07) is 0.152. The molecule has 0 aromatic carbocycles. The molecule has 3 nitrogen and oxygen atoms in total. The van der Waals surface area contributed by atoms with Gasteiger partial charge in [0, 0.05) is 25.4 Å². The van der Waals surface area contributed by atoms with Gasteiger partial charge in [0.05, 0.1) is 6.04 Å². The molecule has 0 aromatic heterocycles. The highest BCUT2D eigenvalue weighted by molar-refractivity contribution is 5.85. The van der Waals surface area contributed by atoms with Crippen LogP contribution in [-0.4, -0.2) is 29.6 Å². The number of carbonyl (C=O) groups excluding carboxylic acids is 1. The zero-order chi connectivity index (χ0) is 16.3. The third-order valence-corrected chi connectivity index (χ3v) is 5.74. The van der Waals surface area contributed by atoms with E-state index in [1.165, 1.54) is 43.4 Å². The van der Waals surface area contributed by atoms with Crippen LogP contribution in [0.15, 0.2) is 16.8 Å². The fourth-order valence-corrected chi connectivity index (χ4v) is 4.05. The summed E-state index contributed by atoms with van der Waals surface area (Å²) in [5, 5.41) is 0. The van der Waals surface area contributed by atoms with E-state index in [-0.39, 0.29) is 11.9 Å². The molecule has 124 valence electrons. The number of hydrogen-bond acceptors (Lipinski definition) is 2. The number of aliphatic imine (C=N–C) groups is 1. The Balaban J connectivity index is 2.26. The van der Waals surface area contributed by atoms with Gasteiger partial charge in [0.1, 0.15) is 0 Å². The van der Waals surface area contributed by atoms with E-state index in [4.69, 9.17) is 4.99 Å². The van der Waals surface area contributed by atoms with Crippen molar-refractivity contribution in [2.24, 2.45) is 22.7 Å². The molecule has 4 atom stereocenters. The molecule has 0 saturated heterocycles. The first-order valence-electron chi connectivity index (χ1n) is 8.93. The van der Waals surface area contributed by atoms with Crippen LogP contribution in [0.3, 0.4) is 0 Å². The summed E-state index contributed by atoms with van der Waals surface area (Å²) in [5.41, 5.74) is 2.64. The standard InChI is InChI=1S/C19H32N2O/c1-6-19(22)21(5)15(4)18-12-20-14(3)16-9-7-8-13(2)10-17(18)11-16/h12-13,15-17H,6-11H2,1-5H3. The van der Waals surface area contributed by atoms with E-state index in [1.54, 1.807) is 0 Å². The Morgan fingerprint density at radius 2 is 2.09 bits per heavy atom. The highest BCUT2D eigenvalue weighted by atomic mass is 16.2. The molecule has 0 N–H and O–H groups in total. The molecule has 0 radical (unpaired) electrons. The minimum absolute atomic E-state index is 0.152. The largest absolute Gasteiger partial charge is 0.339 e. The number of likely N-dealkylation sites (N-methyl/N-ethyl adjacent to an activating group) is 1. The van der Waals surface area contributed by atoms with Gasteiger partial charge in [-0.25, -0.2) is 0 Å². The second-order valence-corrected chi connectivity index (χ2v) is 7.34. The molecule has 1 fully saturated rings. The first-order valence-corrected chi connectivity index (χ1v) is 8.93. The lowest BCUT2D eigenvalue weighted by atomic mass is 9.75. The molecule has 2 aliphatic rings. The van der Waals surface area contributed by atoms with Crippen molar-refractivity contribution in [1.29, 1.82) is 0 Å². The van der Waals surface area contributed by atoms with Crippen molar-refractivity contribution in [2.75, 3.05) is 7.05 Å². The summed E-state index contributed by atoms with van der Waals surface area (Å²) >= 11 is 0. The highest BCUT2D eigenvalue weighted by Crippen LogP contribution is 2.38. The number of rotatable bonds is 3. The Morgan fingerprint density at radius 1 is 1.36 bits per heavy atom. The fraction of sp³-hybridized carbons (Fsp3) is 0.789. The van der Waals surface area contributed by atoms with E-state index < -0.39 is 0 Å². The lowest BCUT2D eigenvalue weighted by Crippen LogP contribution is -2.38. The molecule has 1 aliphatic carbocycles. The Kier molecular flexibility index (Phi) is 5.82. The van der Waals surface area contributed by atoms with Crippen molar-refractivity contribution in [2.45, 2.75) is 72.3 Å². The van der Waals surface area contributed by atoms with E-state index in [0.717, 1.165) is 5.92 Å². The SMILES string of the molecule is CCC(=O)N(C)C(C)C1=CN=C(C)C2CCCC(C)CC1C2. The maximum Gasteiger partial charge on any atom is 0.222 e. The minimum atomic E-state index is 0.152. The van der Waals surface area contributed by atoms with Crippen LogP contribution in [-0.2, 0) is 4.79 Å². The van der Waals surface area contributed by atoms with Crippen molar-refractivity contribution in [3.63, 3.8) is 0 Å². The van der Waals surface area contributed by atoms with Crippen LogP contribution in [0.25, 0.3) is 0 Å². The first kappa shape index (κ1) is 17.2. The van der Waals surface area contributed by atoms with Gasteiger partial charge in [-0.3, -0.25) is 9.79 Å². The van der Waals surface area contributed by atoms with Gasteiger partial charge in [0.15, 0.2) is 0 Å². The maximum absolute atomic E-state index is 12.1. The number of amides is 1.